The van der Waals surface area contributed by atoms with Crippen LogP contribution in [0.2, 0.25) is 0 Å². The number of ether oxygens (including phenoxy) is 1. The molecule has 0 unspecified atom stereocenters. The Morgan fingerprint density at radius 3 is 2.45 bits per heavy atom. The largest absolute Gasteiger partial charge is 0.394 e. The third-order valence-corrected chi connectivity index (χ3v) is 4.63. The number of likely N-dealkylation sites (tertiary alicyclic amines) is 1. The lowest BCUT2D eigenvalue weighted by atomic mass is 10.0. The summed E-state index contributed by atoms with van der Waals surface area (Å²) in [5, 5.41) is 12.4. The number of anilines is 1. The van der Waals surface area contributed by atoms with Crippen molar-refractivity contribution >= 4 is 5.69 Å². The highest BCUT2D eigenvalue weighted by Crippen LogP contribution is 2.30. The summed E-state index contributed by atoms with van der Waals surface area (Å²) in [7, 11) is 0. The van der Waals surface area contributed by atoms with Crippen LogP contribution in [0.5, 0.6) is 0 Å². The van der Waals surface area contributed by atoms with E-state index in [-0.39, 0.29) is 6.61 Å². The van der Waals surface area contributed by atoms with Crippen molar-refractivity contribution in [1.82, 2.24) is 4.90 Å². The Hall–Kier alpha value is -1.10. The zero-order valence-corrected chi connectivity index (χ0v) is 13.3. The molecule has 0 aromatic heterocycles. The van der Waals surface area contributed by atoms with Crippen LogP contribution in [-0.4, -0.2) is 48.9 Å². The van der Waals surface area contributed by atoms with E-state index in [4.69, 9.17) is 9.84 Å². The fourth-order valence-corrected chi connectivity index (χ4v) is 3.11. The van der Waals surface area contributed by atoms with Crippen LogP contribution in [0.25, 0.3) is 0 Å². The summed E-state index contributed by atoms with van der Waals surface area (Å²) in [6, 6.07) is 9.07. The Morgan fingerprint density at radius 2 is 1.82 bits per heavy atom. The predicted molar refractivity (Wildman–Crippen MR) is 89.0 cm³/mol. The summed E-state index contributed by atoms with van der Waals surface area (Å²) in [6.45, 7) is 4.86. The molecule has 0 spiro atoms. The quantitative estimate of drug-likeness (QED) is 0.724. The van der Waals surface area contributed by atoms with E-state index in [1.807, 2.05) is 0 Å². The first-order valence-corrected chi connectivity index (χ1v) is 8.60. The smallest absolute Gasteiger partial charge is 0.0718 e. The van der Waals surface area contributed by atoms with Crippen molar-refractivity contribution in [2.24, 2.45) is 5.92 Å². The first-order valence-electron chi connectivity index (χ1n) is 8.60. The van der Waals surface area contributed by atoms with Crippen molar-refractivity contribution in [2.75, 3.05) is 38.2 Å². The molecule has 1 heterocycles. The summed E-state index contributed by atoms with van der Waals surface area (Å²) in [6.07, 6.45) is 5.39. The Balaban J connectivity index is 1.39. The van der Waals surface area contributed by atoms with E-state index in [0.717, 1.165) is 11.5 Å². The zero-order valence-electron chi connectivity index (χ0n) is 13.3. The molecule has 0 radical (unpaired) electrons. The molecule has 0 amide bonds. The van der Waals surface area contributed by atoms with Gasteiger partial charge in [-0.05, 0) is 49.3 Å². The lowest BCUT2D eigenvalue weighted by molar-refractivity contribution is 0.0815. The second-order valence-electron chi connectivity index (χ2n) is 6.64. The van der Waals surface area contributed by atoms with Crippen LogP contribution in [0.3, 0.4) is 0 Å². The van der Waals surface area contributed by atoms with Crippen molar-refractivity contribution in [3.05, 3.63) is 29.8 Å². The van der Waals surface area contributed by atoms with E-state index >= 15 is 0 Å². The molecular formula is C18H28N2O2. The fraction of sp³-hybridized carbons (Fsp3) is 0.667. The second-order valence-corrected chi connectivity index (χ2v) is 6.64. The van der Waals surface area contributed by atoms with E-state index in [1.165, 1.54) is 51.0 Å². The highest BCUT2D eigenvalue weighted by atomic mass is 16.5. The van der Waals surface area contributed by atoms with Gasteiger partial charge in [-0.3, -0.25) is 0 Å². The molecular weight excluding hydrogens is 276 g/mol. The highest BCUT2D eigenvalue weighted by molar-refractivity contribution is 5.45. The monoisotopic (exact) mass is 304 g/mol. The van der Waals surface area contributed by atoms with Gasteiger partial charge in [0.25, 0.3) is 0 Å². The van der Waals surface area contributed by atoms with E-state index < -0.39 is 0 Å². The van der Waals surface area contributed by atoms with Crippen LogP contribution in [0, 0.1) is 5.92 Å². The van der Waals surface area contributed by atoms with Crippen LogP contribution in [0.4, 0.5) is 5.69 Å². The van der Waals surface area contributed by atoms with Crippen LogP contribution < -0.4 is 5.32 Å². The molecule has 2 aliphatic rings. The topological polar surface area (TPSA) is 44.7 Å². The fourth-order valence-electron chi connectivity index (χ4n) is 3.11. The highest BCUT2D eigenvalue weighted by Gasteiger charge is 2.26. The van der Waals surface area contributed by atoms with Gasteiger partial charge in [-0.25, -0.2) is 0 Å². The average Bonchev–Trinajstić information content (AvgIpc) is 3.35. The summed E-state index contributed by atoms with van der Waals surface area (Å²) >= 11 is 0. The Kier molecular flexibility index (Phi) is 5.70. The Bertz CT molecular complexity index is 437. The Morgan fingerprint density at radius 1 is 1.09 bits per heavy atom. The minimum Gasteiger partial charge on any atom is -0.394 e. The second kappa shape index (κ2) is 7.95. The Labute approximate surface area is 133 Å². The standard InChI is InChI=1S/C18H28N2O2/c21-11-12-22-14-16-3-5-17(6-4-16)19-18-7-9-20(10-8-18)13-15-1-2-15/h3-6,15,18-19,21H,1-2,7-14H2. The van der Waals surface area contributed by atoms with Gasteiger partial charge in [-0.1, -0.05) is 12.1 Å². The molecule has 1 aliphatic carbocycles. The van der Waals surface area contributed by atoms with Crippen molar-refractivity contribution in [2.45, 2.75) is 38.3 Å². The number of benzene rings is 1. The average molecular weight is 304 g/mol. The van der Waals surface area contributed by atoms with E-state index in [2.05, 4.69) is 34.5 Å². The normalized spacial score (nSPS) is 20.2. The molecule has 4 nitrogen and oxygen atoms in total. The maximum absolute atomic E-state index is 8.70. The van der Waals surface area contributed by atoms with Crippen molar-refractivity contribution < 1.29 is 9.84 Å². The number of aliphatic hydroxyl groups excluding tert-OH is 1. The molecule has 2 fully saturated rings. The SMILES string of the molecule is OCCOCc1ccc(NC2CCN(CC3CC3)CC2)cc1. The number of nitrogens with one attached hydrogen (secondary N) is 1. The number of hydrogen-bond donors (Lipinski definition) is 2. The minimum atomic E-state index is 0.0824. The lowest BCUT2D eigenvalue weighted by Crippen LogP contribution is -2.40. The summed E-state index contributed by atoms with van der Waals surface area (Å²) in [5.74, 6) is 1.00. The molecule has 1 saturated carbocycles. The number of rotatable bonds is 8. The summed E-state index contributed by atoms with van der Waals surface area (Å²) < 4.78 is 5.33. The lowest BCUT2D eigenvalue weighted by Gasteiger charge is -2.32. The molecule has 1 saturated heterocycles. The number of piperidine rings is 1. The third-order valence-electron chi connectivity index (χ3n) is 4.63. The van der Waals surface area contributed by atoms with Gasteiger partial charge in [0, 0.05) is 31.4 Å². The number of nitrogens with zero attached hydrogens (tertiary/aromatic N) is 1. The van der Waals surface area contributed by atoms with Gasteiger partial charge in [-0.15, -0.1) is 0 Å². The molecule has 2 N–H and O–H groups in total. The molecule has 1 aromatic carbocycles. The molecule has 122 valence electrons. The maximum atomic E-state index is 8.70. The summed E-state index contributed by atoms with van der Waals surface area (Å²) in [4.78, 5) is 2.64. The van der Waals surface area contributed by atoms with Crippen molar-refractivity contribution in [3.63, 3.8) is 0 Å². The summed E-state index contributed by atoms with van der Waals surface area (Å²) in [5.41, 5.74) is 2.35. The van der Waals surface area contributed by atoms with E-state index in [9.17, 15) is 0 Å². The van der Waals surface area contributed by atoms with Gasteiger partial charge in [-0.2, -0.15) is 0 Å². The molecule has 4 heteroatoms. The van der Waals surface area contributed by atoms with Crippen LogP contribution in [-0.2, 0) is 11.3 Å². The minimum absolute atomic E-state index is 0.0824. The van der Waals surface area contributed by atoms with Crippen molar-refractivity contribution in [1.29, 1.82) is 0 Å². The zero-order chi connectivity index (χ0) is 15.2. The third kappa shape index (κ3) is 4.97. The van der Waals surface area contributed by atoms with Crippen molar-refractivity contribution in [3.8, 4) is 0 Å². The number of hydrogen-bond acceptors (Lipinski definition) is 4. The van der Waals surface area contributed by atoms with Gasteiger partial charge in [0.05, 0.1) is 19.8 Å². The molecule has 3 rings (SSSR count). The van der Waals surface area contributed by atoms with E-state index in [1.54, 1.807) is 0 Å². The van der Waals surface area contributed by atoms with Gasteiger partial charge >= 0.3 is 0 Å². The van der Waals surface area contributed by atoms with Gasteiger partial charge in [0.2, 0.25) is 0 Å². The number of aliphatic hydroxyl groups is 1. The molecule has 22 heavy (non-hydrogen) atoms. The predicted octanol–water partition coefficient (Wildman–Crippen LogP) is 2.48. The molecule has 0 bridgehead atoms. The van der Waals surface area contributed by atoms with Gasteiger partial charge in [0.15, 0.2) is 0 Å². The molecule has 1 aromatic rings. The van der Waals surface area contributed by atoms with Gasteiger partial charge < -0.3 is 20.1 Å². The molecule has 1 aliphatic heterocycles. The maximum Gasteiger partial charge on any atom is 0.0718 e. The van der Waals surface area contributed by atoms with Crippen LogP contribution in [0.15, 0.2) is 24.3 Å². The van der Waals surface area contributed by atoms with E-state index in [0.29, 0.717) is 19.3 Å². The van der Waals surface area contributed by atoms with Gasteiger partial charge in [0.1, 0.15) is 0 Å². The first-order chi connectivity index (χ1) is 10.8. The van der Waals surface area contributed by atoms with Crippen LogP contribution >= 0.6 is 0 Å². The van der Waals surface area contributed by atoms with Crippen LogP contribution in [0.1, 0.15) is 31.2 Å². The molecule has 0 atom stereocenters. The first kappa shape index (κ1) is 15.8.